The van der Waals surface area contributed by atoms with Gasteiger partial charge in [-0.3, -0.25) is 9.69 Å². The van der Waals surface area contributed by atoms with Crippen molar-refractivity contribution < 1.29 is 9.90 Å². The number of phenols is 1. The molecule has 4 rings (SSSR count). The molecule has 0 spiro atoms. The fraction of sp³-hybridized carbons (Fsp3) is 0.286. The summed E-state index contributed by atoms with van der Waals surface area (Å²) in [5.41, 5.74) is 3.33. The summed E-state index contributed by atoms with van der Waals surface area (Å²) in [5, 5.41) is 10.5. The Kier molecular flexibility index (Phi) is 4.63. The maximum absolute atomic E-state index is 12.7. The highest BCUT2D eigenvalue weighted by atomic mass is 16.3. The summed E-state index contributed by atoms with van der Waals surface area (Å²) in [4.78, 5) is 20.2. The number of aromatic amines is 1. The number of benzene rings is 2. The van der Waals surface area contributed by atoms with Crippen molar-refractivity contribution in [2.45, 2.75) is 13.0 Å². The Morgan fingerprint density at radius 3 is 2.50 bits per heavy atom. The van der Waals surface area contributed by atoms with Gasteiger partial charge in [-0.05, 0) is 29.3 Å². The Hall–Kier alpha value is -2.79. The highest BCUT2D eigenvalue weighted by Crippen LogP contribution is 2.19. The number of nitrogens with zero attached hydrogens (tertiary/aromatic N) is 2. The minimum atomic E-state index is 0.194. The van der Waals surface area contributed by atoms with Crippen molar-refractivity contribution in [2.24, 2.45) is 0 Å². The van der Waals surface area contributed by atoms with Crippen LogP contribution in [0.15, 0.2) is 54.7 Å². The van der Waals surface area contributed by atoms with Gasteiger partial charge in [0.05, 0.1) is 6.42 Å². The molecule has 134 valence electrons. The van der Waals surface area contributed by atoms with Crippen molar-refractivity contribution in [2.75, 3.05) is 26.2 Å². The molecule has 26 heavy (non-hydrogen) atoms. The number of para-hydroxylation sites is 1. The molecular weight excluding hydrogens is 326 g/mol. The minimum Gasteiger partial charge on any atom is -0.508 e. The average Bonchev–Trinajstić information content (AvgIpc) is 3.07. The molecule has 1 aromatic heterocycles. The second-order valence-corrected chi connectivity index (χ2v) is 6.86. The Morgan fingerprint density at radius 1 is 1.00 bits per heavy atom. The first-order valence-corrected chi connectivity index (χ1v) is 9.02. The van der Waals surface area contributed by atoms with Crippen LogP contribution < -0.4 is 0 Å². The van der Waals surface area contributed by atoms with E-state index in [0.29, 0.717) is 12.2 Å². The van der Waals surface area contributed by atoms with Crippen LogP contribution in [0.3, 0.4) is 0 Å². The number of hydrogen-bond donors (Lipinski definition) is 2. The van der Waals surface area contributed by atoms with Gasteiger partial charge in [-0.25, -0.2) is 0 Å². The number of H-pyrrole nitrogens is 1. The van der Waals surface area contributed by atoms with E-state index in [1.54, 1.807) is 12.1 Å². The third-order valence-electron chi connectivity index (χ3n) is 5.08. The van der Waals surface area contributed by atoms with Gasteiger partial charge in [0.25, 0.3) is 0 Å². The van der Waals surface area contributed by atoms with Crippen LogP contribution in [0.4, 0.5) is 0 Å². The van der Waals surface area contributed by atoms with Crippen LogP contribution in [-0.4, -0.2) is 52.0 Å². The predicted octanol–water partition coefficient (Wildman–Crippen LogP) is 2.76. The summed E-state index contributed by atoms with van der Waals surface area (Å²) in [6.07, 6.45) is 2.39. The summed E-state index contributed by atoms with van der Waals surface area (Å²) in [5.74, 6) is 0.487. The highest BCUT2D eigenvalue weighted by molar-refractivity contribution is 5.88. The van der Waals surface area contributed by atoms with Crippen LogP contribution in [0, 0.1) is 0 Å². The van der Waals surface area contributed by atoms with E-state index in [1.165, 1.54) is 5.56 Å². The van der Waals surface area contributed by atoms with Crippen molar-refractivity contribution in [3.8, 4) is 5.75 Å². The van der Waals surface area contributed by atoms with E-state index >= 15 is 0 Å². The van der Waals surface area contributed by atoms with E-state index in [4.69, 9.17) is 0 Å². The van der Waals surface area contributed by atoms with Crippen LogP contribution in [0.5, 0.6) is 5.75 Å². The van der Waals surface area contributed by atoms with Gasteiger partial charge in [-0.2, -0.15) is 0 Å². The number of fused-ring (bicyclic) bond motifs is 1. The fourth-order valence-corrected chi connectivity index (χ4v) is 3.57. The van der Waals surface area contributed by atoms with Crippen molar-refractivity contribution in [3.05, 3.63) is 65.9 Å². The Morgan fingerprint density at radius 2 is 1.73 bits per heavy atom. The number of nitrogens with one attached hydrogen (secondary N) is 1. The van der Waals surface area contributed by atoms with Crippen LogP contribution in [0.1, 0.15) is 11.1 Å². The van der Waals surface area contributed by atoms with Gasteiger partial charge in [0.1, 0.15) is 5.75 Å². The van der Waals surface area contributed by atoms with E-state index in [-0.39, 0.29) is 5.91 Å². The molecule has 2 heterocycles. The summed E-state index contributed by atoms with van der Waals surface area (Å²) < 4.78 is 0. The molecule has 0 radical (unpaired) electrons. The molecule has 1 amide bonds. The van der Waals surface area contributed by atoms with Crippen molar-refractivity contribution in [1.82, 2.24) is 14.8 Å². The van der Waals surface area contributed by atoms with Gasteiger partial charge in [-0.1, -0.05) is 30.3 Å². The molecule has 0 unspecified atom stereocenters. The Bertz CT molecular complexity index is 893. The lowest BCUT2D eigenvalue weighted by Crippen LogP contribution is -2.48. The molecule has 0 bridgehead atoms. The lowest BCUT2D eigenvalue weighted by Gasteiger charge is -2.34. The van der Waals surface area contributed by atoms with Gasteiger partial charge in [0.15, 0.2) is 0 Å². The van der Waals surface area contributed by atoms with Gasteiger partial charge in [-0.15, -0.1) is 0 Å². The van der Waals surface area contributed by atoms with Crippen LogP contribution in [-0.2, 0) is 17.8 Å². The van der Waals surface area contributed by atoms with Crippen LogP contribution in [0.2, 0.25) is 0 Å². The van der Waals surface area contributed by atoms with Gasteiger partial charge in [0.2, 0.25) is 5.91 Å². The molecule has 0 atom stereocenters. The van der Waals surface area contributed by atoms with Crippen molar-refractivity contribution >= 4 is 16.8 Å². The van der Waals surface area contributed by atoms with Crippen LogP contribution in [0.25, 0.3) is 10.9 Å². The number of phenolic OH excluding ortho intramolecular Hbond substituents is 1. The van der Waals surface area contributed by atoms with E-state index in [9.17, 15) is 9.90 Å². The summed E-state index contributed by atoms with van der Waals surface area (Å²) in [6, 6.07) is 15.4. The third-order valence-corrected chi connectivity index (χ3v) is 5.08. The van der Waals surface area contributed by atoms with E-state index < -0.39 is 0 Å². The van der Waals surface area contributed by atoms with Gasteiger partial charge in [0, 0.05) is 49.8 Å². The zero-order valence-electron chi connectivity index (χ0n) is 14.7. The quantitative estimate of drug-likeness (QED) is 0.761. The third kappa shape index (κ3) is 3.58. The lowest BCUT2D eigenvalue weighted by molar-refractivity contribution is -0.132. The zero-order valence-corrected chi connectivity index (χ0v) is 14.7. The molecule has 0 aliphatic carbocycles. The van der Waals surface area contributed by atoms with Gasteiger partial charge >= 0.3 is 0 Å². The monoisotopic (exact) mass is 349 g/mol. The minimum absolute atomic E-state index is 0.194. The molecule has 2 N–H and O–H groups in total. The number of hydrogen-bond acceptors (Lipinski definition) is 3. The Balaban J connectivity index is 1.32. The molecule has 3 aromatic rings. The number of carbonyl (C=O) groups excluding carboxylic acids is 1. The smallest absolute Gasteiger partial charge is 0.227 e. The molecule has 2 aromatic carbocycles. The summed E-state index contributed by atoms with van der Waals surface area (Å²) in [7, 11) is 0. The number of aromatic nitrogens is 1. The molecule has 1 saturated heterocycles. The normalized spacial score (nSPS) is 15.5. The summed E-state index contributed by atoms with van der Waals surface area (Å²) >= 11 is 0. The number of piperazine rings is 1. The summed E-state index contributed by atoms with van der Waals surface area (Å²) in [6.45, 7) is 4.13. The average molecular weight is 349 g/mol. The molecular formula is C21H23N3O2. The molecule has 1 aliphatic rings. The first-order valence-electron chi connectivity index (χ1n) is 9.02. The maximum atomic E-state index is 12.7. The van der Waals surface area contributed by atoms with E-state index in [2.05, 4.69) is 16.0 Å². The molecule has 1 fully saturated rings. The first-order chi connectivity index (χ1) is 12.7. The standard InChI is InChI=1S/C21H23N3O2/c25-18-7-5-16(6-8-18)15-23-9-11-24(12-10-23)21(26)13-17-14-22-20-4-2-1-3-19(17)20/h1-8,14,22,25H,9-13,15H2. The maximum Gasteiger partial charge on any atom is 0.227 e. The number of aromatic hydroxyl groups is 1. The van der Waals surface area contributed by atoms with Gasteiger partial charge < -0.3 is 15.0 Å². The number of carbonyl (C=O) groups is 1. The second-order valence-electron chi connectivity index (χ2n) is 6.86. The van der Waals surface area contributed by atoms with E-state index in [1.807, 2.05) is 41.4 Å². The molecule has 5 nitrogen and oxygen atoms in total. The molecule has 5 heteroatoms. The topological polar surface area (TPSA) is 59.6 Å². The van der Waals surface area contributed by atoms with Crippen molar-refractivity contribution in [1.29, 1.82) is 0 Å². The fourth-order valence-electron chi connectivity index (χ4n) is 3.57. The first kappa shape index (κ1) is 16.7. The van der Waals surface area contributed by atoms with Crippen molar-refractivity contribution in [3.63, 3.8) is 0 Å². The molecule has 1 aliphatic heterocycles. The zero-order chi connectivity index (χ0) is 17.9. The largest absolute Gasteiger partial charge is 0.508 e. The SMILES string of the molecule is O=C(Cc1c[nH]c2ccccc12)N1CCN(Cc2ccc(O)cc2)CC1. The van der Waals surface area contributed by atoms with E-state index in [0.717, 1.165) is 49.2 Å². The lowest BCUT2D eigenvalue weighted by atomic mass is 10.1. The number of rotatable bonds is 4. The predicted molar refractivity (Wildman–Crippen MR) is 102 cm³/mol. The molecule has 0 saturated carbocycles. The Labute approximate surface area is 152 Å². The second kappa shape index (κ2) is 7.22. The van der Waals surface area contributed by atoms with Crippen LogP contribution >= 0.6 is 0 Å². The highest BCUT2D eigenvalue weighted by Gasteiger charge is 2.22. The number of amides is 1.